The molecule has 0 fully saturated rings. The molecule has 14 rings (SSSR count). The lowest BCUT2D eigenvalue weighted by atomic mass is 9.95. The average molecular weight is 725 g/mol. The topological polar surface area (TPSA) is 48.3 Å². The molecular formula is C52H28N4O. The summed E-state index contributed by atoms with van der Waals surface area (Å²) in [4.78, 5) is 10.8. The van der Waals surface area contributed by atoms with Gasteiger partial charge in [-0.2, -0.15) is 0 Å². The van der Waals surface area contributed by atoms with Crippen molar-refractivity contribution < 1.29 is 4.42 Å². The van der Waals surface area contributed by atoms with E-state index in [2.05, 4.69) is 179 Å². The van der Waals surface area contributed by atoms with E-state index in [1.807, 2.05) is 0 Å². The maximum absolute atomic E-state index is 6.62. The molecule has 0 aliphatic carbocycles. The molecule has 0 saturated carbocycles. The van der Waals surface area contributed by atoms with Crippen LogP contribution in [0, 0.1) is 0 Å². The number of hydrogen-bond acceptors (Lipinski definition) is 3. The molecule has 0 aliphatic heterocycles. The molecule has 0 unspecified atom stereocenters. The summed E-state index contributed by atoms with van der Waals surface area (Å²) in [5, 5.41) is 13.0. The Balaban J connectivity index is 1.04. The van der Waals surface area contributed by atoms with E-state index in [1.54, 1.807) is 0 Å². The van der Waals surface area contributed by atoms with Crippen molar-refractivity contribution in [3.8, 4) is 28.3 Å². The fraction of sp³-hybridized carbons (Fsp3) is 0. The molecule has 262 valence electrons. The highest BCUT2D eigenvalue weighted by Gasteiger charge is 2.27. The first-order chi connectivity index (χ1) is 28.3. The van der Waals surface area contributed by atoms with Gasteiger partial charge in [-0.3, -0.25) is 4.57 Å². The number of nitrogens with zero attached hydrogens (tertiary/aromatic N) is 4. The summed E-state index contributed by atoms with van der Waals surface area (Å²) in [7, 11) is 0. The molecule has 0 saturated heterocycles. The molecular weight excluding hydrogens is 697 g/mol. The van der Waals surface area contributed by atoms with Crippen LogP contribution in [-0.2, 0) is 0 Å². The third-order valence-electron chi connectivity index (χ3n) is 12.4. The lowest BCUT2D eigenvalue weighted by Gasteiger charge is -2.13. The first-order valence-corrected chi connectivity index (χ1v) is 19.4. The summed E-state index contributed by atoms with van der Waals surface area (Å²) >= 11 is 0. The molecule has 5 heterocycles. The van der Waals surface area contributed by atoms with E-state index in [4.69, 9.17) is 14.4 Å². The Labute approximate surface area is 323 Å². The molecule has 9 aromatic carbocycles. The summed E-state index contributed by atoms with van der Waals surface area (Å²) in [5.41, 5.74) is 12.7. The normalized spacial score (nSPS) is 12.6. The summed E-state index contributed by atoms with van der Waals surface area (Å²) in [5.74, 6) is 0.642. The molecule has 5 nitrogen and oxygen atoms in total. The Morgan fingerprint density at radius 3 is 1.93 bits per heavy atom. The van der Waals surface area contributed by atoms with Crippen LogP contribution in [-0.4, -0.2) is 18.9 Å². The minimum atomic E-state index is 0.642. The van der Waals surface area contributed by atoms with E-state index >= 15 is 0 Å². The summed E-state index contributed by atoms with van der Waals surface area (Å²) in [6, 6.07) is 61.0. The molecule has 57 heavy (non-hydrogen) atoms. The third kappa shape index (κ3) is 3.78. The zero-order chi connectivity index (χ0) is 36.9. The molecule has 0 bridgehead atoms. The van der Waals surface area contributed by atoms with Crippen LogP contribution >= 0.6 is 0 Å². The summed E-state index contributed by atoms with van der Waals surface area (Å²) < 4.78 is 11.3. The number of hydrogen-bond donors (Lipinski definition) is 0. The fourth-order valence-electron chi connectivity index (χ4n) is 10.00. The molecule has 0 spiro atoms. The SMILES string of the molecule is c1ccc(-c2ccc3c(ccc4cc(-c5nc(-n6c7ccc8oc9ccc%10c%11ccccc%11n%11c%12cccc6c%12c7c8c9c%10%11)nc6ccccc56)ccc43)c2)cc1. The highest BCUT2D eigenvalue weighted by Crippen LogP contribution is 2.48. The van der Waals surface area contributed by atoms with E-state index in [1.165, 1.54) is 65.3 Å². The largest absolute Gasteiger partial charge is 0.456 e. The lowest BCUT2D eigenvalue weighted by Crippen LogP contribution is -2.03. The number of furan rings is 1. The maximum Gasteiger partial charge on any atom is 0.235 e. The van der Waals surface area contributed by atoms with Crippen molar-refractivity contribution in [1.82, 2.24) is 18.9 Å². The second-order valence-corrected chi connectivity index (χ2v) is 15.3. The second kappa shape index (κ2) is 10.5. The van der Waals surface area contributed by atoms with Gasteiger partial charge in [0, 0.05) is 37.9 Å². The Kier molecular flexibility index (Phi) is 5.45. The predicted molar refractivity (Wildman–Crippen MR) is 235 cm³/mol. The summed E-state index contributed by atoms with van der Waals surface area (Å²) in [6.07, 6.45) is 0. The van der Waals surface area contributed by atoms with Gasteiger partial charge in [0.15, 0.2) is 0 Å². The van der Waals surface area contributed by atoms with Crippen molar-refractivity contribution in [2.24, 2.45) is 0 Å². The molecule has 0 N–H and O–H groups in total. The van der Waals surface area contributed by atoms with Gasteiger partial charge in [0.25, 0.3) is 0 Å². The standard InChI is InChI=1S/C52H28N4O/c1-2-9-29(10-3-1)30-19-21-34-31(27-30)17-18-32-28-33(20-22-35(32)34)50-38-12-4-6-13-39(38)53-52(54-50)56-42-16-8-15-41-46(42)47-43(56)24-26-44-48(47)49-45(57-44)25-23-37-36-11-5-7-14-40(36)55(41)51(37)49/h1-28H. The van der Waals surface area contributed by atoms with E-state index in [0.29, 0.717) is 5.95 Å². The Morgan fingerprint density at radius 2 is 1.05 bits per heavy atom. The van der Waals surface area contributed by atoms with E-state index < -0.39 is 0 Å². The van der Waals surface area contributed by atoms with Crippen molar-refractivity contribution in [1.29, 1.82) is 0 Å². The van der Waals surface area contributed by atoms with Gasteiger partial charge in [-0.05, 0) is 93.3 Å². The first kappa shape index (κ1) is 29.6. The van der Waals surface area contributed by atoms with Crippen LogP contribution in [0.3, 0.4) is 0 Å². The van der Waals surface area contributed by atoms with Crippen molar-refractivity contribution in [3.05, 3.63) is 170 Å². The first-order valence-electron chi connectivity index (χ1n) is 19.4. The molecule has 14 aromatic rings. The van der Waals surface area contributed by atoms with E-state index in [0.717, 1.165) is 60.6 Å². The number of fused-ring (bicyclic) bond motifs is 8. The molecule has 5 aromatic heterocycles. The number of benzene rings is 9. The highest BCUT2D eigenvalue weighted by atomic mass is 16.3. The van der Waals surface area contributed by atoms with Crippen LogP contribution in [0.15, 0.2) is 174 Å². The number of para-hydroxylation sites is 2. The van der Waals surface area contributed by atoms with Gasteiger partial charge in [0.05, 0.1) is 44.2 Å². The second-order valence-electron chi connectivity index (χ2n) is 15.3. The predicted octanol–water partition coefficient (Wildman–Crippen LogP) is 13.7. The van der Waals surface area contributed by atoms with Crippen molar-refractivity contribution in [2.45, 2.75) is 0 Å². The minimum absolute atomic E-state index is 0.642. The molecule has 0 atom stereocenters. The Hall–Kier alpha value is -7.76. The zero-order valence-corrected chi connectivity index (χ0v) is 30.4. The van der Waals surface area contributed by atoms with Crippen LogP contribution in [0.25, 0.3) is 132 Å². The van der Waals surface area contributed by atoms with Crippen LogP contribution in [0.4, 0.5) is 0 Å². The van der Waals surface area contributed by atoms with Crippen LogP contribution in [0.5, 0.6) is 0 Å². The van der Waals surface area contributed by atoms with Gasteiger partial charge in [-0.25, -0.2) is 9.97 Å². The third-order valence-corrected chi connectivity index (χ3v) is 12.4. The van der Waals surface area contributed by atoms with Crippen molar-refractivity contribution in [2.75, 3.05) is 0 Å². The number of aromatic nitrogens is 4. The van der Waals surface area contributed by atoms with Crippen LogP contribution in [0.1, 0.15) is 0 Å². The van der Waals surface area contributed by atoms with Gasteiger partial charge in [-0.15, -0.1) is 0 Å². The van der Waals surface area contributed by atoms with E-state index in [9.17, 15) is 0 Å². The number of rotatable bonds is 3. The lowest BCUT2D eigenvalue weighted by molar-refractivity contribution is 0.669. The van der Waals surface area contributed by atoms with Crippen LogP contribution in [0.2, 0.25) is 0 Å². The van der Waals surface area contributed by atoms with Gasteiger partial charge in [0.2, 0.25) is 5.95 Å². The van der Waals surface area contributed by atoms with Gasteiger partial charge in [-0.1, -0.05) is 109 Å². The van der Waals surface area contributed by atoms with Crippen molar-refractivity contribution in [3.63, 3.8) is 0 Å². The smallest absolute Gasteiger partial charge is 0.235 e. The average Bonchev–Trinajstić information content (AvgIpc) is 3.90. The van der Waals surface area contributed by atoms with Gasteiger partial charge < -0.3 is 8.82 Å². The summed E-state index contributed by atoms with van der Waals surface area (Å²) in [6.45, 7) is 0. The molecule has 5 heteroatoms. The van der Waals surface area contributed by atoms with Crippen molar-refractivity contribution >= 4 is 104 Å². The zero-order valence-electron chi connectivity index (χ0n) is 30.4. The van der Waals surface area contributed by atoms with Gasteiger partial charge >= 0.3 is 0 Å². The molecule has 0 amide bonds. The minimum Gasteiger partial charge on any atom is -0.456 e. The highest BCUT2D eigenvalue weighted by molar-refractivity contribution is 6.37. The van der Waals surface area contributed by atoms with Crippen LogP contribution < -0.4 is 0 Å². The molecule has 0 aliphatic rings. The van der Waals surface area contributed by atoms with Gasteiger partial charge in [0.1, 0.15) is 11.2 Å². The Bertz CT molecular complexity index is 3980. The quantitative estimate of drug-likeness (QED) is 0.170. The van der Waals surface area contributed by atoms with E-state index in [-0.39, 0.29) is 0 Å². The fourth-order valence-corrected chi connectivity index (χ4v) is 10.00. The monoisotopic (exact) mass is 724 g/mol. The Morgan fingerprint density at radius 1 is 0.386 bits per heavy atom. The maximum atomic E-state index is 6.62. The molecule has 0 radical (unpaired) electrons.